The number of hydrogen-bond donors (Lipinski definition) is 2. The van der Waals surface area contributed by atoms with Gasteiger partial charge >= 0.3 is 6.09 Å². The van der Waals surface area contributed by atoms with Crippen LogP contribution in [-0.4, -0.2) is 67.7 Å². The lowest BCUT2D eigenvalue weighted by molar-refractivity contribution is -0.129. The molecule has 3 aromatic rings. The molecule has 2 amide bonds. The molecule has 4 rings (SSSR count). The predicted molar refractivity (Wildman–Crippen MR) is 166 cm³/mol. The second-order valence-corrected chi connectivity index (χ2v) is 13.3. The molecule has 0 saturated carbocycles. The van der Waals surface area contributed by atoms with Crippen LogP contribution in [0.1, 0.15) is 37.5 Å². The standard InChI is InChI=1S/C33H41N3O6S/c1-5-25-13-17-28(18-14-25)43(40,41)35(20-23(2)3)21-30(37)29(19-26-9-7-6-8-10-26)34-32(38)31-22-36(33(39)42-31)27-15-11-24(4)12-16-27/h6-18,23,29-31,37H,5,19-22H2,1-4H3,(H,34,38)/t29-,30+,31-/m0/s1. The molecule has 1 heterocycles. The topological polar surface area (TPSA) is 116 Å². The molecule has 0 radical (unpaired) electrons. The largest absolute Gasteiger partial charge is 0.434 e. The number of rotatable bonds is 13. The zero-order valence-electron chi connectivity index (χ0n) is 25.1. The minimum absolute atomic E-state index is 0.00953. The van der Waals surface area contributed by atoms with E-state index < -0.39 is 40.3 Å². The summed E-state index contributed by atoms with van der Waals surface area (Å²) in [7, 11) is -3.93. The van der Waals surface area contributed by atoms with Crippen molar-refractivity contribution >= 4 is 27.7 Å². The highest BCUT2D eigenvalue weighted by atomic mass is 32.2. The van der Waals surface area contributed by atoms with Gasteiger partial charge in [-0.05, 0) is 61.1 Å². The lowest BCUT2D eigenvalue weighted by Gasteiger charge is -2.31. The van der Waals surface area contributed by atoms with Crippen LogP contribution < -0.4 is 10.2 Å². The highest BCUT2D eigenvalue weighted by molar-refractivity contribution is 7.89. The monoisotopic (exact) mass is 607 g/mol. The molecule has 230 valence electrons. The smallest absolute Gasteiger partial charge is 0.415 e. The van der Waals surface area contributed by atoms with Crippen molar-refractivity contribution in [2.75, 3.05) is 24.5 Å². The summed E-state index contributed by atoms with van der Waals surface area (Å²) >= 11 is 0. The lowest BCUT2D eigenvalue weighted by Crippen LogP contribution is -2.53. The quantitative estimate of drug-likeness (QED) is 0.299. The van der Waals surface area contributed by atoms with Crippen molar-refractivity contribution in [1.29, 1.82) is 0 Å². The molecular weight excluding hydrogens is 566 g/mol. The third-order valence-corrected chi connectivity index (χ3v) is 9.32. The van der Waals surface area contributed by atoms with E-state index in [1.54, 1.807) is 36.4 Å². The zero-order chi connectivity index (χ0) is 31.1. The fraction of sp³-hybridized carbons (Fsp3) is 0.394. The number of nitrogens with one attached hydrogen (secondary N) is 1. The summed E-state index contributed by atoms with van der Waals surface area (Å²) in [6.07, 6.45) is -1.94. The Balaban J connectivity index is 1.54. The van der Waals surface area contributed by atoms with E-state index >= 15 is 0 Å². The normalized spacial score (nSPS) is 16.8. The molecule has 0 aromatic heterocycles. The predicted octanol–water partition coefficient (Wildman–Crippen LogP) is 4.32. The average molecular weight is 608 g/mol. The zero-order valence-corrected chi connectivity index (χ0v) is 26.0. The van der Waals surface area contributed by atoms with Crippen LogP contribution in [0.5, 0.6) is 0 Å². The molecule has 1 aliphatic heterocycles. The highest BCUT2D eigenvalue weighted by Crippen LogP contribution is 2.23. The molecule has 1 fully saturated rings. The number of hydrogen-bond acceptors (Lipinski definition) is 6. The van der Waals surface area contributed by atoms with Gasteiger partial charge in [0.1, 0.15) is 0 Å². The number of amides is 2. The maximum atomic E-state index is 13.7. The Morgan fingerprint density at radius 2 is 1.65 bits per heavy atom. The number of carbonyl (C=O) groups is 2. The van der Waals surface area contributed by atoms with E-state index in [0.717, 1.165) is 23.1 Å². The highest BCUT2D eigenvalue weighted by Gasteiger charge is 2.39. The van der Waals surface area contributed by atoms with Crippen LogP contribution in [0.4, 0.5) is 10.5 Å². The summed E-state index contributed by atoms with van der Waals surface area (Å²) in [6, 6.07) is 22.6. The fourth-order valence-corrected chi connectivity index (χ4v) is 6.64. The number of aryl methyl sites for hydroxylation is 2. The van der Waals surface area contributed by atoms with Crippen molar-refractivity contribution in [3.8, 4) is 0 Å². The molecule has 2 N–H and O–H groups in total. The summed E-state index contributed by atoms with van der Waals surface area (Å²) in [5.74, 6) is -0.568. The Kier molecular flexibility index (Phi) is 10.6. The SMILES string of the molecule is CCc1ccc(S(=O)(=O)N(CC(C)C)C[C@@H](O)[C@H](Cc2ccccc2)NC(=O)[C@@H]2CN(c3ccc(C)cc3)C(=O)O2)cc1. The molecular formula is C33H41N3O6S. The van der Waals surface area contributed by atoms with E-state index in [9.17, 15) is 23.1 Å². The molecule has 0 unspecified atom stereocenters. The van der Waals surface area contributed by atoms with Gasteiger partial charge in [-0.2, -0.15) is 4.31 Å². The summed E-state index contributed by atoms with van der Waals surface area (Å²) in [6.45, 7) is 7.73. The van der Waals surface area contributed by atoms with E-state index in [4.69, 9.17) is 4.74 Å². The van der Waals surface area contributed by atoms with E-state index in [-0.39, 0.29) is 36.9 Å². The van der Waals surface area contributed by atoms with Crippen molar-refractivity contribution in [2.45, 2.75) is 63.7 Å². The first-order chi connectivity index (χ1) is 20.5. The summed E-state index contributed by atoms with van der Waals surface area (Å²) in [5.41, 5.74) is 3.53. The van der Waals surface area contributed by atoms with Gasteiger partial charge in [-0.1, -0.05) is 80.9 Å². The van der Waals surface area contributed by atoms with E-state index in [0.29, 0.717) is 5.69 Å². The number of anilines is 1. The third kappa shape index (κ3) is 8.22. The molecule has 1 saturated heterocycles. The van der Waals surface area contributed by atoms with E-state index in [1.807, 2.05) is 70.2 Å². The van der Waals surface area contributed by atoms with Gasteiger partial charge in [0.2, 0.25) is 10.0 Å². The second kappa shape index (κ2) is 14.2. The first-order valence-corrected chi connectivity index (χ1v) is 16.1. The number of aliphatic hydroxyl groups excluding tert-OH is 1. The van der Waals surface area contributed by atoms with Crippen LogP contribution in [0.25, 0.3) is 0 Å². The number of sulfonamides is 1. The summed E-state index contributed by atoms with van der Waals surface area (Å²) < 4.78 is 34.1. The van der Waals surface area contributed by atoms with Crippen molar-refractivity contribution in [3.63, 3.8) is 0 Å². The Morgan fingerprint density at radius 3 is 2.26 bits per heavy atom. The molecule has 0 aliphatic carbocycles. The van der Waals surface area contributed by atoms with Gasteiger partial charge in [-0.3, -0.25) is 9.69 Å². The van der Waals surface area contributed by atoms with Gasteiger partial charge in [0, 0.05) is 18.8 Å². The first kappa shape index (κ1) is 32.2. The Morgan fingerprint density at radius 1 is 1.00 bits per heavy atom. The van der Waals surface area contributed by atoms with Crippen LogP contribution in [0, 0.1) is 12.8 Å². The van der Waals surface area contributed by atoms with Crippen LogP contribution in [0.3, 0.4) is 0 Å². The third-order valence-electron chi connectivity index (χ3n) is 7.47. The van der Waals surface area contributed by atoms with Crippen LogP contribution in [-0.2, 0) is 32.4 Å². The van der Waals surface area contributed by atoms with Gasteiger partial charge in [0.25, 0.3) is 5.91 Å². The number of benzene rings is 3. The molecule has 3 aromatic carbocycles. The number of cyclic esters (lactones) is 1. The number of ether oxygens (including phenoxy) is 1. The molecule has 43 heavy (non-hydrogen) atoms. The second-order valence-electron chi connectivity index (χ2n) is 11.4. The Labute approximate surface area is 254 Å². The van der Waals surface area contributed by atoms with Gasteiger partial charge in [-0.25, -0.2) is 13.2 Å². The van der Waals surface area contributed by atoms with Crippen LogP contribution >= 0.6 is 0 Å². The lowest BCUT2D eigenvalue weighted by atomic mass is 10.0. The maximum absolute atomic E-state index is 13.7. The van der Waals surface area contributed by atoms with Crippen molar-refractivity contribution in [1.82, 2.24) is 9.62 Å². The van der Waals surface area contributed by atoms with E-state index in [2.05, 4.69) is 5.32 Å². The maximum Gasteiger partial charge on any atom is 0.415 e. The van der Waals surface area contributed by atoms with Gasteiger partial charge in [0.05, 0.1) is 23.6 Å². The molecule has 9 nitrogen and oxygen atoms in total. The van der Waals surface area contributed by atoms with Gasteiger partial charge in [0.15, 0.2) is 6.10 Å². The molecule has 10 heteroatoms. The van der Waals surface area contributed by atoms with Crippen LogP contribution in [0.2, 0.25) is 0 Å². The van der Waals surface area contributed by atoms with Crippen molar-refractivity contribution in [2.24, 2.45) is 5.92 Å². The molecule has 1 aliphatic rings. The Hall–Kier alpha value is -3.73. The van der Waals surface area contributed by atoms with Crippen molar-refractivity contribution < 1.29 is 27.9 Å². The molecule has 0 bridgehead atoms. The number of aliphatic hydroxyl groups is 1. The summed E-state index contributed by atoms with van der Waals surface area (Å²) in [5, 5.41) is 14.4. The van der Waals surface area contributed by atoms with E-state index in [1.165, 1.54) is 9.21 Å². The van der Waals surface area contributed by atoms with Crippen molar-refractivity contribution in [3.05, 3.63) is 95.6 Å². The molecule has 3 atom stereocenters. The van der Waals surface area contributed by atoms with Gasteiger partial charge in [-0.15, -0.1) is 0 Å². The van der Waals surface area contributed by atoms with Crippen LogP contribution in [0.15, 0.2) is 83.8 Å². The number of carbonyl (C=O) groups excluding carboxylic acids is 2. The van der Waals surface area contributed by atoms with Gasteiger partial charge < -0.3 is 15.2 Å². The molecule has 0 spiro atoms. The minimum atomic E-state index is -3.93. The Bertz CT molecular complexity index is 1480. The fourth-order valence-electron chi connectivity index (χ4n) is 5.02. The number of nitrogens with zero attached hydrogens (tertiary/aromatic N) is 2. The summed E-state index contributed by atoms with van der Waals surface area (Å²) in [4.78, 5) is 27.6. The minimum Gasteiger partial charge on any atom is -0.434 e. The average Bonchev–Trinajstić information content (AvgIpc) is 3.38. The first-order valence-electron chi connectivity index (χ1n) is 14.6.